The first kappa shape index (κ1) is 13.5. The molecule has 1 aromatic carbocycles. The third-order valence-corrected chi connectivity index (χ3v) is 2.92. The van der Waals surface area contributed by atoms with Crippen LogP contribution >= 0.6 is 11.6 Å². The van der Waals surface area contributed by atoms with Gasteiger partial charge in [0.05, 0.1) is 5.02 Å². The van der Waals surface area contributed by atoms with Crippen molar-refractivity contribution in [3.63, 3.8) is 0 Å². The second-order valence-electron chi connectivity index (χ2n) is 4.24. The Balaban J connectivity index is 2.07. The predicted octanol–water partition coefficient (Wildman–Crippen LogP) is 2.68. The topological polar surface area (TPSA) is 68.0 Å². The maximum absolute atomic E-state index is 12.0. The molecule has 1 amide bonds. The zero-order valence-corrected chi connectivity index (χ0v) is 11.2. The van der Waals surface area contributed by atoms with Crippen LogP contribution in [0.4, 0.5) is 5.82 Å². The van der Waals surface area contributed by atoms with Crippen LogP contribution in [0, 0.1) is 6.92 Å². The lowest BCUT2D eigenvalue weighted by Crippen LogP contribution is -2.28. The molecule has 1 aromatic heterocycles. The van der Waals surface area contributed by atoms with Gasteiger partial charge in [0, 0.05) is 6.20 Å². The van der Waals surface area contributed by atoms with E-state index in [0.717, 1.165) is 11.1 Å². The molecule has 0 saturated carbocycles. The van der Waals surface area contributed by atoms with Crippen molar-refractivity contribution in [2.75, 3.05) is 5.32 Å². The van der Waals surface area contributed by atoms with Crippen LogP contribution in [0.3, 0.4) is 0 Å². The van der Waals surface area contributed by atoms with E-state index >= 15 is 0 Å². The fourth-order valence-electron chi connectivity index (χ4n) is 1.58. The van der Waals surface area contributed by atoms with E-state index in [1.807, 2.05) is 31.2 Å². The van der Waals surface area contributed by atoms with Crippen LogP contribution in [-0.2, 0) is 4.79 Å². The molecule has 2 rings (SSSR count). The second-order valence-corrected chi connectivity index (χ2v) is 4.68. The molecule has 98 valence electrons. The van der Waals surface area contributed by atoms with E-state index in [9.17, 15) is 4.79 Å². The minimum Gasteiger partial charge on any atom is -0.316 e. The van der Waals surface area contributed by atoms with Crippen molar-refractivity contribution in [2.24, 2.45) is 5.73 Å². The lowest BCUT2D eigenvalue weighted by atomic mass is 10.1. The number of nitrogens with zero attached hydrogens (tertiary/aromatic N) is 1. The minimum absolute atomic E-state index is 0.307. The standard InChI is InChI=1S/C14H14ClN3O/c1-9-2-4-10(5-3-9)13(16)14(19)18-12-7-6-11(15)8-17-12/h2-8,13H,16H2,1H3,(H,17,18,19). The van der Waals surface area contributed by atoms with Gasteiger partial charge < -0.3 is 11.1 Å². The Bertz CT molecular complexity index is 566. The number of nitrogens with two attached hydrogens (primary N) is 1. The van der Waals surface area contributed by atoms with Crippen molar-refractivity contribution in [1.29, 1.82) is 0 Å². The van der Waals surface area contributed by atoms with Crippen LogP contribution in [0.2, 0.25) is 5.02 Å². The second kappa shape index (κ2) is 5.82. The Kier molecular flexibility index (Phi) is 4.14. The van der Waals surface area contributed by atoms with E-state index in [-0.39, 0.29) is 5.91 Å². The van der Waals surface area contributed by atoms with Crippen molar-refractivity contribution in [3.05, 3.63) is 58.7 Å². The van der Waals surface area contributed by atoms with Gasteiger partial charge in [-0.1, -0.05) is 41.4 Å². The van der Waals surface area contributed by atoms with Crippen molar-refractivity contribution in [3.8, 4) is 0 Å². The Hall–Kier alpha value is -1.91. The molecular formula is C14H14ClN3O. The normalized spacial score (nSPS) is 11.9. The lowest BCUT2D eigenvalue weighted by molar-refractivity contribution is -0.117. The lowest BCUT2D eigenvalue weighted by Gasteiger charge is -2.12. The number of carbonyl (C=O) groups is 1. The molecule has 5 heteroatoms. The van der Waals surface area contributed by atoms with Crippen molar-refractivity contribution >= 4 is 23.3 Å². The van der Waals surface area contributed by atoms with Crippen molar-refractivity contribution < 1.29 is 4.79 Å². The SMILES string of the molecule is Cc1ccc(C(N)C(=O)Nc2ccc(Cl)cn2)cc1. The highest BCUT2D eigenvalue weighted by molar-refractivity contribution is 6.30. The van der Waals surface area contributed by atoms with Crippen molar-refractivity contribution in [1.82, 2.24) is 4.98 Å². The van der Waals surface area contributed by atoms with Gasteiger partial charge in [-0.2, -0.15) is 0 Å². The van der Waals surface area contributed by atoms with Gasteiger partial charge in [-0.3, -0.25) is 4.79 Å². The zero-order chi connectivity index (χ0) is 13.8. The van der Waals surface area contributed by atoms with E-state index in [1.165, 1.54) is 6.20 Å². The third-order valence-electron chi connectivity index (χ3n) is 2.70. The molecule has 0 aliphatic heterocycles. The van der Waals surface area contributed by atoms with Gasteiger partial charge in [-0.05, 0) is 24.6 Å². The summed E-state index contributed by atoms with van der Waals surface area (Å²) >= 11 is 5.72. The fraction of sp³-hybridized carbons (Fsp3) is 0.143. The largest absolute Gasteiger partial charge is 0.316 e. The molecule has 1 unspecified atom stereocenters. The molecule has 0 aliphatic carbocycles. The number of hydrogen-bond acceptors (Lipinski definition) is 3. The van der Waals surface area contributed by atoms with Crippen LogP contribution < -0.4 is 11.1 Å². The average Bonchev–Trinajstić information content (AvgIpc) is 2.41. The smallest absolute Gasteiger partial charge is 0.247 e. The summed E-state index contributed by atoms with van der Waals surface area (Å²) in [5, 5.41) is 3.16. The van der Waals surface area contributed by atoms with Crippen molar-refractivity contribution in [2.45, 2.75) is 13.0 Å². The fourth-order valence-corrected chi connectivity index (χ4v) is 1.69. The highest BCUT2D eigenvalue weighted by Crippen LogP contribution is 2.15. The molecule has 0 spiro atoms. The molecular weight excluding hydrogens is 262 g/mol. The Morgan fingerprint density at radius 1 is 1.26 bits per heavy atom. The molecule has 19 heavy (non-hydrogen) atoms. The highest BCUT2D eigenvalue weighted by atomic mass is 35.5. The molecule has 4 nitrogen and oxygen atoms in total. The number of hydrogen-bond donors (Lipinski definition) is 2. The number of carbonyl (C=O) groups excluding carboxylic acids is 1. The van der Waals surface area contributed by atoms with Gasteiger partial charge in [-0.25, -0.2) is 4.98 Å². The van der Waals surface area contributed by atoms with Crippen LogP contribution in [0.25, 0.3) is 0 Å². The van der Waals surface area contributed by atoms with Gasteiger partial charge in [0.15, 0.2) is 0 Å². The van der Waals surface area contributed by atoms with E-state index in [4.69, 9.17) is 17.3 Å². The number of rotatable bonds is 3. The molecule has 0 radical (unpaired) electrons. The first-order valence-electron chi connectivity index (χ1n) is 5.81. The predicted molar refractivity (Wildman–Crippen MR) is 76.0 cm³/mol. The highest BCUT2D eigenvalue weighted by Gasteiger charge is 2.15. The first-order chi connectivity index (χ1) is 9.06. The van der Waals surface area contributed by atoms with Gasteiger partial charge >= 0.3 is 0 Å². The van der Waals surface area contributed by atoms with Crippen LogP contribution in [-0.4, -0.2) is 10.9 Å². The minimum atomic E-state index is -0.724. The number of aromatic nitrogens is 1. The number of pyridine rings is 1. The molecule has 0 saturated heterocycles. The first-order valence-corrected chi connectivity index (χ1v) is 6.18. The van der Waals surface area contributed by atoms with E-state index in [1.54, 1.807) is 12.1 Å². The van der Waals surface area contributed by atoms with Crippen LogP contribution in [0.5, 0.6) is 0 Å². The Morgan fingerprint density at radius 2 is 1.95 bits per heavy atom. The van der Waals surface area contributed by atoms with Gasteiger partial charge in [0.2, 0.25) is 5.91 Å². The van der Waals surface area contributed by atoms with Crippen LogP contribution in [0.1, 0.15) is 17.2 Å². The maximum atomic E-state index is 12.0. The zero-order valence-electron chi connectivity index (χ0n) is 10.4. The van der Waals surface area contributed by atoms with Gasteiger partial charge in [0.25, 0.3) is 0 Å². The number of nitrogens with one attached hydrogen (secondary N) is 1. The number of amides is 1. The summed E-state index contributed by atoms with van der Waals surface area (Å²) < 4.78 is 0. The number of aryl methyl sites for hydroxylation is 1. The van der Waals surface area contributed by atoms with Gasteiger partial charge in [-0.15, -0.1) is 0 Å². The average molecular weight is 276 g/mol. The summed E-state index contributed by atoms with van der Waals surface area (Å²) in [5.41, 5.74) is 7.78. The monoisotopic (exact) mass is 275 g/mol. The summed E-state index contributed by atoms with van der Waals surface area (Å²) in [4.78, 5) is 16.0. The summed E-state index contributed by atoms with van der Waals surface area (Å²) in [6.45, 7) is 1.98. The maximum Gasteiger partial charge on any atom is 0.247 e. The quantitative estimate of drug-likeness (QED) is 0.905. The molecule has 0 fully saturated rings. The number of halogens is 1. The Morgan fingerprint density at radius 3 is 2.53 bits per heavy atom. The summed E-state index contributed by atoms with van der Waals surface area (Å²) in [6.07, 6.45) is 1.47. The summed E-state index contributed by atoms with van der Waals surface area (Å²) in [7, 11) is 0. The molecule has 1 heterocycles. The van der Waals surface area contributed by atoms with Gasteiger partial charge in [0.1, 0.15) is 11.9 Å². The Labute approximate surface area is 116 Å². The number of anilines is 1. The summed E-state index contributed by atoms with van der Waals surface area (Å²) in [6, 6.07) is 10.1. The van der Waals surface area contributed by atoms with Crippen LogP contribution in [0.15, 0.2) is 42.6 Å². The molecule has 3 N–H and O–H groups in total. The number of benzene rings is 1. The molecule has 1 atom stereocenters. The molecule has 0 aliphatic rings. The summed E-state index contributed by atoms with van der Waals surface area (Å²) in [5.74, 6) is 0.121. The van der Waals surface area contributed by atoms with E-state index in [0.29, 0.717) is 10.8 Å². The molecule has 2 aromatic rings. The third kappa shape index (κ3) is 3.53. The molecule has 0 bridgehead atoms. The van der Waals surface area contributed by atoms with E-state index < -0.39 is 6.04 Å². The van der Waals surface area contributed by atoms with E-state index in [2.05, 4.69) is 10.3 Å².